The normalized spacial score (nSPS) is 25.2. The first kappa shape index (κ1) is 17.4. The molecule has 1 N–H and O–H groups in total. The third-order valence-electron chi connectivity index (χ3n) is 5.47. The summed E-state index contributed by atoms with van der Waals surface area (Å²) < 4.78 is 0. The van der Waals surface area contributed by atoms with Gasteiger partial charge in [0.1, 0.15) is 0 Å². The highest BCUT2D eigenvalue weighted by atomic mass is 16.3. The minimum Gasteiger partial charge on any atom is -0.387 e. The number of carbonyl (C=O) groups excluding carboxylic acids is 1. The van der Waals surface area contributed by atoms with Crippen LogP contribution in [-0.4, -0.2) is 59.1 Å². The highest BCUT2D eigenvalue weighted by Gasteiger charge is 2.37. The zero-order chi connectivity index (χ0) is 17.2. The van der Waals surface area contributed by atoms with Crippen molar-refractivity contribution in [2.45, 2.75) is 51.6 Å². The Morgan fingerprint density at radius 1 is 1.17 bits per heavy atom. The smallest absolute Gasteiger partial charge is 0.227 e. The number of nitrogens with zero attached hydrogens (tertiary/aromatic N) is 2. The molecule has 24 heavy (non-hydrogen) atoms. The van der Waals surface area contributed by atoms with Crippen LogP contribution in [0, 0.1) is 13.8 Å². The van der Waals surface area contributed by atoms with Crippen LogP contribution in [0.2, 0.25) is 0 Å². The molecular weight excluding hydrogens is 300 g/mol. The standard InChI is InChI=1S/C20H30N2O2/c1-16-6-7-17(2)18(12-16)13-19(23)22-11-5-8-20(24,15-22)14-21-9-3-4-10-21/h6-7,12,24H,3-5,8-11,13-15H2,1-2H3. The van der Waals surface area contributed by atoms with Gasteiger partial charge in [0, 0.05) is 13.1 Å². The van der Waals surface area contributed by atoms with E-state index in [-0.39, 0.29) is 5.91 Å². The maximum atomic E-state index is 12.8. The van der Waals surface area contributed by atoms with Gasteiger partial charge in [-0.1, -0.05) is 23.8 Å². The van der Waals surface area contributed by atoms with Gasteiger partial charge in [0.25, 0.3) is 0 Å². The summed E-state index contributed by atoms with van der Waals surface area (Å²) in [6.45, 7) is 8.24. The number of amides is 1. The molecule has 132 valence electrons. The largest absolute Gasteiger partial charge is 0.387 e. The van der Waals surface area contributed by atoms with Crippen molar-refractivity contribution in [3.8, 4) is 0 Å². The van der Waals surface area contributed by atoms with Gasteiger partial charge in [-0.2, -0.15) is 0 Å². The molecule has 0 radical (unpaired) electrons. The van der Waals surface area contributed by atoms with Crippen LogP contribution < -0.4 is 0 Å². The molecule has 4 nitrogen and oxygen atoms in total. The van der Waals surface area contributed by atoms with E-state index >= 15 is 0 Å². The van der Waals surface area contributed by atoms with E-state index in [1.54, 1.807) is 0 Å². The number of likely N-dealkylation sites (tertiary alicyclic amines) is 2. The van der Waals surface area contributed by atoms with E-state index in [2.05, 4.69) is 36.9 Å². The van der Waals surface area contributed by atoms with Gasteiger partial charge in [-0.25, -0.2) is 0 Å². The topological polar surface area (TPSA) is 43.8 Å². The Morgan fingerprint density at radius 2 is 1.92 bits per heavy atom. The number of aryl methyl sites for hydroxylation is 2. The Hall–Kier alpha value is -1.39. The van der Waals surface area contributed by atoms with E-state index in [4.69, 9.17) is 0 Å². The first-order valence-electron chi connectivity index (χ1n) is 9.24. The quantitative estimate of drug-likeness (QED) is 0.921. The summed E-state index contributed by atoms with van der Waals surface area (Å²) in [5, 5.41) is 11.0. The van der Waals surface area contributed by atoms with Crippen molar-refractivity contribution in [2.75, 3.05) is 32.7 Å². The summed E-state index contributed by atoms with van der Waals surface area (Å²) in [6, 6.07) is 6.27. The summed E-state index contributed by atoms with van der Waals surface area (Å²) >= 11 is 0. The second-order valence-electron chi connectivity index (χ2n) is 7.73. The SMILES string of the molecule is Cc1ccc(C)c(CC(=O)N2CCCC(O)(CN3CCCC3)C2)c1. The predicted octanol–water partition coefficient (Wildman–Crippen LogP) is 2.30. The lowest BCUT2D eigenvalue weighted by Crippen LogP contribution is -2.55. The third kappa shape index (κ3) is 4.17. The molecule has 0 aliphatic carbocycles. The molecule has 2 aliphatic heterocycles. The van der Waals surface area contributed by atoms with E-state index in [1.165, 1.54) is 24.0 Å². The summed E-state index contributed by atoms with van der Waals surface area (Å²) in [7, 11) is 0. The number of aliphatic hydroxyl groups is 1. The molecule has 0 spiro atoms. The zero-order valence-electron chi connectivity index (χ0n) is 15.1. The highest BCUT2D eigenvalue weighted by Crippen LogP contribution is 2.25. The molecule has 4 heteroatoms. The van der Waals surface area contributed by atoms with Crippen LogP contribution in [0.15, 0.2) is 18.2 Å². The number of hydrogen-bond acceptors (Lipinski definition) is 3. The molecule has 0 aromatic heterocycles. The average Bonchev–Trinajstić information content (AvgIpc) is 3.03. The van der Waals surface area contributed by atoms with Crippen molar-refractivity contribution < 1.29 is 9.90 Å². The molecule has 3 rings (SSSR count). The number of carbonyl (C=O) groups is 1. The van der Waals surface area contributed by atoms with E-state index in [0.717, 1.165) is 38.0 Å². The summed E-state index contributed by atoms with van der Waals surface area (Å²) in [4.78, 5) is 17.0. The predicted molar refractivity (Wildman–Crippen MR) is 96.1 cm³/mol. The van der Waals surface area contributed by atoms with Crippen molar-refractivity contribution in [1.29, 1.82) is 0 Å². The maximum absolute atomic E-state index is 12.8. The maximum Gasteiger partial charge on any atom is 0.227 e. The Bertz CT molecular complexity index is 595. The molecule has 1 unspecified atom stereocenters. The van der Waals surface area contributed by atoms with Crippen LogP contribution in [0.3, 0.4) is 0 Å². The monoisotopic (exact) mass is 330 g/mol. The van der Waals surface area contributed by atoms with Gasteiger partial charge >= 0.3 is 0 Å². The van der Waals surface area contributed by atoms with E-state index in [9.17, 15) is 9.90 Å². The first-order chi connectivity index (χ1) is 11.5. The summed E-state index contributed by atoms with van der Waals surface area (Å²) in [6.07, 6.45) is 4.59. The van der Waals surface area contributed by atoms with E-state index in [0.29, 0.717) is 19.5 Å². The average molecular weight is 330 g/mol. The van der Waals surface area contributed by atoms with Crippen LogP contribution in [0.4, 0.5) is 0 Å². The lowest BCUT2D eigenvalue weighted by molar-refractivity contribution is -0.138. The minimum absolute atomic E-state index is 0.142. The molecule has 0 saturated carbocycles. The fourth-order valence-electron chi connectivity index (χ4n) is 4.08. The first-order valence-corrected chi connectivity index (χ1v) is 9.24. The number of hydrogen-bond donors (Lipinski definition) is 1. The Labute approximate surface area is 145 Å². The Balaban J connectivity index is 1.63. The molecule has 1 atom stereocenters. The summed E-state index contributed by atoms with van der Waals surface area (Å²) in [5.74, 6) is 0.142. The molecule has 2 fully saturated rings. The van der Waals surface area contributed by atoms with Gasteiger partial charge in [0.2, 0.25) is 5.91 Å². The fraction of sp³-hybridized carbons (Fsp3) is 0.650. The molecular formula is C20H30N2O2. The highest BCUT2D eigenvalue weighted by molar-refractivity contribution is 5.79. The van der Waals surface area contributed by atoms with Crippen LogP contribution in [-0.2, 0) is 11.2 Å². The van der Waals surface area contributed by atoms with Gasteiger partial charge in [0.05, 0.1) is 18.6 Å². The van der Waals surface area contributed by atoms with Crippen LogP contribution >= 0.6 is 0 Å². The second-order valence-corrected chi connectivity index (χ2v) is 7.73. The molecule has 2 aliphatic rings. The van der Waals surface area contributed by atoms with E-state index in [1.807, 2.05) is 4.90 Å². The van der Waals surface area contributed by atoms with Gasteiger partial charge in [-0.3, -0.25) is 4.79 Å². The molecule has 2 saturated heterocycles. The van der Waals surface area contributed by atoms with Crippen molar-refractivity contribution in [1.82, 2.24) is 9.80 Å². The van der Waals surface area contributed by atoms with Crippen molar-refractivity contribution in [2.24, 2.45) is 0 Å². The lowest BCUT2D eigenvalue weighted by atomic mass is 9.91. The van der Waals surface area contributed by atoms with Crippen molar-refractivity contribution >= 4 is 5.91 Å². The van der Waals surface area contributed by atoms with Crippen molar-refractivity contribution in [3.63, 3.8) is 0 Å². The third-order valence-corrected chi connectivity index (χ3v) is 5.47. The van der Waals surface area contributed by atoms with E-state index < -0.39 is 5.60 Å². The number of benzene rings is 1. The molecule has 1 aromatic carbocycles. The van der Waals surface area contributed by atoms with Gasteiger partial charge < -0.3 is 14.9 Å². The Morgan fingerprint density at radius 3 is 2.67 bits per heavy atom. The molecule has 0 bridgehead atoms. The molecule has 1 aromatic rings. The van der Waals surface area contributed by atoms with Gasteiger partial charge in [0.15, 0.2) is 0 Å². The minimum atomic E-state index is -0.736. The number of piperidine rings is 1. The zero-order valence-corrected chi connectivity index (χ0v) is 15.1. The fourth-order valence-corrected chi connectivity index (χ4v) is 4.08. The second kappa shape index (κ2) is 7.24. The van der Waals surface area contributed by atoms with Crippen LogP contribution in [0.1, 0.15) is 42.4 Å². The van der Waals surface area contributed by atoms with Gasteiger partial charge in [-0.15, -0.1) is 0 Å². The lowest BCUT2D eigenvalue weighted by Gasteiger charge is -2.41. The Kier molecular flexibility index (Phi) is 5.26. The molecule has 1 amide bonds. The summed E-state index contributed by atoms with van der Waals surface area (Å²) in [5.41, 5.74) is 2.72. The number of β-amino-alcohol motifs (C(OH)–C–C–N with tert-alkyl or cyclic N) is 1. The van der Waals surface area contributed by atoms with Crippen LogP contribution in [0.5, 0.6) is 0 Å². The molecule has 2 heterocycles. The van der Waals surface area contributed by atoms with Crippen LogP contribution in [0.25, 0.3) is 0 Å². The van der Waals surface area contributed by atoms with Crippen molar-refractivity contribution in [3.05, 3.63) is 34.9 Å². The van der Waals surface area contributed by atoms with Gasteiger partial charge in [-0.05, 0) is 63.7 Å². The number of rotatable bonds is 4.